The molecular weight excluding hydrogens is 557 g/mol. The number of amides is 2. The molecule has 1 atom stereocenters. The van der Waals surface area contributed by atoms with Gasteiger partial charge in [0.25, 0.3) is 0 Å². The van der Waals surface area contributed by atoms with Gasteiger partial charge in [0.2, 0.25) is 21.8 Å². The highest BCUT2D eigenvalue weighted by molar-refractivity contribution is 7.92. The molecule has 3 rings (SSSR count). The van der Waals surface area contributed by atoms with E-state index in [2.05, 4.69) is 26.1 Å². The second-order valence-electron chi connectivity index (χ2n) is 11.2. The predicted octanol–water partition coefficient (Wildman–Crippen LogP) is 5.92. The highest BCUT2D eigenvalue weighted by atomic mass is 35.5. The summed E-state index contributed by atoms with van der Waals surface area (Å²) < 4.78 is 26.8. The average Bonchev–Trinajstić information content (AvgIpc) is 3.36. The SMILES string of the molecule is CCC(C(=O)NC1CCCC1)N(Cc1c(Cl)cccc1Cl)C(=O)CN(c1ccc(C(C)(C)C)cc1)S(C)(=O)=O. The number of carbonyl (C=O) groups is 2. The molecule has 0 aliphatic heterocycles. The van der Waals surface area contributed by atoms with E-state index in [1.54, 1.807) is 30.3 Å². The molecule has 39 heavy (non-hydrogen) atoms. The lowest BCUT2D eigenvalue weighted by Crippen LogP contribution is -2.53. The first-order valence-electron chi connectivity index (χ1n) is 13.3. The van der Waals surface area contributed by atoms with Gasteiger partial charge in [-0.2, -0.15) is 0 Å². The number of carbonyl (C=O) groups excluding carboxylic acids is 2. The summed E-state index contributed by atoms with van der Waals surface area (Å²) in [4.78, 5) is 28.7. The third-order valence-corrected chi connectivity index (χ3v) is 9.03. The van der Waals surface area contributed by atoms with Gasteiger partial charge < -0.3 is 10.2 Å². The van der Waals surface area contributed by atoms with Crippen LogP contribution in [0, 0.1) is 0 Å². The minimum Gasteiger partial charge on any atom is -0.352 e. The maximum atomic E-state index is 13.9. The number of nitrogens with one attached hydrogen (secondary N) is 1. The maximum Gasteiger partial charge on any atom is 0.244 e. The Balaban J connectivity index is 1.97. The molecule has 0 aromatic heterocycles. The van der Waals surface area contributed by atoms with Gasteiger partial charge in [0.1, 0.15) is 12.6 Å². The molecule has 2 aromatic rings. The Morgan fingerprint density at radius 3 is 2.08 bits per heavy atom. The quantitative estimate of drug-likeness (QED) is 0.369. The Bertz CT molecular complexity index is 1250. The van der Waals surface area contributed by atoms with Gasteiger partial charge in [0, 0.05) is 28.2 Å². The normalized spacial score (nSPS) is 15.2. The van der Waals surface area contributed by atoms with Crippen LogP contribution < -0.4 is 9.62 Å². The van der Waals surface area contributed by atoms with Gasteiger partial charge in [0.15, 0.2) is 0 Å². The Hall–Kier alpha value is -2.29. The van der Waals surface area contributed by atoms with E-state index in [1.807, 2.05) is 19.1 Å². The summed E-state index contributed by atoms with van der Waals surface area (Å²) in [7, 11) is -3.82. The van der Waals surface area contributed by atoms with Crippen LogP contribution in [0.4, 0.5) is 5.69 Å². The molecule has 1 N–H and O–H groups in total. The second-order valence-corrected chi connectivity index (χ2v) is 13.9. The molecule has 0 bridgehead atoms. The van der Waals surface area contributed by atoms with Crippen molar-refractivity contribution >= 4 is 50.7 Å². The van der Waals surface area contributed by atoms with Gasteiger partial charge in [-0.1, -0.05) is 81.9 Å². The Kier molecular flexibility index (Phi) is 10.3. The van der Waals surface area contributed by atoms with E-state index in [4.69, 9.17) is 23.2 Å². The largest absolute Gasteiger partial charge is 0.352 e. The van der Waals surface area contributed by atoms with Gasteiger partial charge in [-0.3, -0.25) is 13.9 Å². The second kappa shape index (κ2) is 12.9. The lowest BCUT2D eigenvalue weighted by Gasteiger charge is -2.34. The standard InChI is InChI=1S/C29H39Cl2N3O4S/c1-6-26(28(36)32-21-10-7-8-11-21)33(18-23-24(30)12-9-13-25(23)31)27(35)19-34(39(5,37)38)22-16-14-20(15-17-22)29(2,3)4/h9,12-17,21,26H,6-8,10-11,18-19H2,1-5H3,(H,32,36). The monoisotopic (exact) mass is 595 g/mol. The first-order chi connectivity index (χ1) is 18.2. The minimum absolute atomic E-state index is 0.0332. The summed E-state index contributed by atoms with van der Waals surface area (Å²) in [6.45, 7) is 7.53. The number of sulfonamides is 1. The van der Waals surface area contributed by atoms with Gasteiger partial charge in [-0.15, -0.1) is 0 Å². The highest BCUT2D eigenvalue weighted by Gasteiger charge is 2.33. The van der Waals surface area contributed by atoms with Gasteiger partial charge in [-0.25, -0.2) is 8.42 Å². The van der Waals surface area contributed by atoms with E-state index < -0.39 is 28.5 Å². The summed E-state index contributed by atoms with van der Waals surface area (Å²) in [6, 6.07) is 11.4. The summed E-state index contributed by atoms with van der Waals surface area (Å²) in [5.74, 6) is -0.786. The van der Waals surface area contributed by atoms with Crippen LogP contribution in [0.1, 0.15) is 70.9 Å². The molecule has 0 spiro atoms. The molecule has 1 unspecified atom stereocenters. The molecule has 1 aliphatic rings. The van der Waals surface area contributed by atoms with Crippen LogP contribution in [-0.2, 0) is 31.6 Å². The zero-order chi connectivity index (χ0) is 29.0. The van der Waals surface area contributed by atoms with E-state index in [0.717, 1.165) is 41.8 Å². The fraction of sp³-hybridized carbons (Fsp3) is 0.517. The van der Waals surface area contributed by atoms with Gasteiger partial charge in [-0.05, 0) is 54.5 Å². The molecule has 7 nitrogen and oxygen atoms in total. The number of hydrogen-bond acceptors (Lipinski definition) is 4. The Morgan fingerprint density at radius 2 is 1.59 bits per heavy atom. The number of anilines is 1. The van der Waals surface area contributed by atoms with Crippen LogP contribution in [0.25, 0.3) is 0 Å². The van der Waals surface area contributed by atoms with Crippen molar-refractivity contribution in [1.29, 1.82) is 0 Å². The molecule has 1 fully saturated rings. The molecule has 2 aromatic carbocycles. The van der Waals surface area contributed by atoms with Crippen molar-refractivity contribution in [1.82, 2.24) is 10.2 Å². The molecule has 1 saturated carbocycles. The van der Waals surface area contributed by atoms with Crippen LogP contribution in [0.15, 0.2) is 42.5 Å². The number of rotatable bonds is 10. The van der Waals surface area contributed by atoms with Crippen molar-refractivity contribution in [3.8, 4) is 0 Å². The topological polar surface area (TPSA) is 86.8 Å². The van der Waals surface area contributed by atoms with Crippen LogP contribution in [-0.4, -0.2) is 50.0 Å². The molecule has 1 aliphatic carbocycles. The van der Waals surface area contributed by atoms with Crippen LogP contribution in [0.2, 0.25) is 10.0 Å². The summed E-state index contributed by atoms with van der Waals surface area (Å²) in [5, 5.41) is 3.81. The molecular formula is C29H39Cl2N3O4S. The highest BCUT2D eigenvalue weighted by Crippen LogP contribution is 2.29. The van der Waals surface area contributed by atoms with E-state index in [9.17, 15) is 18.0 Å². The molecule has 0 heterocycles. The third kappa shape index (κ3) is 8.12. The summed E-state index contributed by atoms with van der Waals surface area (Å²) >= 11 is 12.9. The van der Waals surface area contributed by atoms with Crippen molar-refractivity contribution in [3.63, 3.8) is 0 Å². The van der Waals surface area contributed by atoms with E-state index in [0.29, 0.717) is 27.7 Å². The first kappa shape index (κ1) is 31.2. The Morgan fingerprint density at radius 1 is 1.03 bits per heavy atom. The molecule has 0 radical (unpaired) electrons. The lowest BCUT2D eigenvalue weighted by atomic mass is 9.87. The number of halogens is 2. The third-order valence-electron chi connectivity index (χ3n) is 7.18. The van der Waals surface area contributed by atoms with Crippen LogP contribution >= 0.6 is 23.2 Å². The summed E-state index contributed by atoms with van der Waals surface area (Å²) in [5.41, 5.74) is 1.80. The van der Waals surface area contributed by atoms with Gasteiger partial charge >= 0.3 is 0 Å². The predicted molar refractivity (Wildman–Crippen MR) is 159 cm³/mol. The molecule has 0 saturated heterocycles. The number of hydrogen-bond donors (Lipinski definition) is 1. The fourth-order valence-electron chi connectivity index (χ4n) is 4.88. The smallest absolute Gasteiger partial charge is 0.244 e. The maximum absolute atomic E-state index is 13.9. The van der Waals surface area contributed by atoms with E-state index in [-0.39, 0.29) is 23.9 Å². The van der Waals surface area contributed by atoms with Crippen LogP contribution in [0.5, 0.6) is 0 Å². The van der Waals surface area contributed by atoms with E-state index in [1.165, 1.54) is 4.90 Å². The van der Waals surface area contributed by atoms with Crippen LogP contribution in [0.3, 0.4) is 0 Å². The number of nitrogens with zero attached hydrogens (tertiary/aromatic N) is 2. The molecule has 214 valence electrons. The zero-order valence-electron chi connectivity index (χ0n) is 23.3. The minimum atomic E-state index is -3.82. The van der Waals surface area contributed by atoms with Crippen molar-refractivity contribution in [3.05, 3.63) is 63.6 Å². The summed E-state index contributed by atoms with van der Waals surface area (Å²) in [6.07, 6.45) is 5.31. The van der Waals surface area contributed by atoms with Crippen molar-refractivity contribution in [2.75, 3.05) is 17.1 Å². The fourth-order valence-corrected chi connectivity index (χ4v) is 6.25. The van der Waals surface area contributed by atoms with Crippen molar-refractivity contribution in [2.45, 2.75) is 83.8 Å². The molecule has 10 heteroatoms. The first-order valence-corrected chi connectivity index (χ1v) is 15.9. The van der Waals surface area contributed by atoms with E-state index >= 15 is 0 Å². The van der Waals surface area contributed by atoms with Crippen molar-refractivity contribution in [2.24, 2.45) is 0 Å². The zero-order valence-corrected chi connectivity index (χ0v) is 25.7. The average molecular weight is 597 g/mol. The lowest BCUT2D eigenvalue weighted by molar-refractivity contribution is -0.140. The number of benzene rings is 2. The van der Waals surface area contributed by atoms with Crippen molar-refractivity contribution < 1.29 is 18.0 Å². The van der Waals surface area contributed by atoms with Gasteiger partial charge in [0.05, 0.1) is 11.9 Å². The Labute approximate surface area is 242 Å². The molecule has 2 amide bonds.